The molecule has 1 aliphatic carbocycles. The van der Waals surface area contributed by atoms with Gasteiger partial charge in [0.15, 0.2) is 0 Å². The number of sulfonamides is 1. The number of anilines is 1. The molecule has 1 aromatic heterocycles. The third-order valence-electron chi connectivity index (χ3n) is 4.84. The molecule has 28 heavy (non-hydrogen) atoms. The summed E-state index contributed by atoms with van der Waals surface area (Å²) in [6, 6.07) is 5.93. The van der Waals surface area contributed by atoms with Gasteiger partial charge in [-0.25, -0.2) is 8.42 Å². The van der Waals surface area contributed by atoms with E-state index in [-0.39, 0.29) is 17.0 Å². The van der Waals surface area contributed by atoms with Crippen molar-refractivity contribution in [3.63, 3.8) is 0 Å². The van der Waals surface area contributed by atoms with Crippen molar-refractivity contribution >= 4 is 33.7 Å². The van der Waals surface area contributed by atoms with Gasteiger partial charge in [0.25, 0.3) is 5.91 Å². The molecular formula is C18H24N4O4S2. The van der Waals surface area contributed by atoms with E-state index >= 15 is 0 Å². The highest BCUT2D eigenvalue weighted by atomic mass is 32.2. The van der Waals surface area contributed by atoms with Crippen molar-refractivity contribution in [2.45, 2.75) is 48.8 Å². The number of hydrogen-bond acceptors (Lipinski definition) is 7. The molecule has 1 aliphatic rings. The smallest absolute Gasteiger partial charge is 0.322 e. The van der Waals surface area contributed by atoms with Gasteiger partial charge in [0.2, 0.25) is 15.9 Å². The molecule has 1 fully saturated rings. The van der Waals surface area contributed by atoms with Crippen LogP contribution in [-0.4, -0.2) is 48.2 Å². The first-order chi connectivity index (χ1) is 13.4. The van der Waals surface area contributed by atoms with Crippen molar-refractivity contribution in [3.8, 4) is 0 Å². The van der Waals surface area contributed by atoms with Gasteiger partial charge in [0, 0.05) is 18.7 Å². The third kappa shape index (κ3) is 4.73. The van der Waals surface area contributed by atoms with Crippen molar-refractivity contribution in [1.29, 1.82) is 0 Å². The van der Waals surface area contributed by atoms with E-state index in [1.165, 1.54) is 40.3 Å². The van der Waals surface area contributed by atoms with Gasteiger partial charge >= 0.3 is 6.01 Å². The molecule has 1 aromatic carbocycles. The Labute approximate surface area is 169 Å². The van der Waals surface area contributed by atoms with Gasteiger partial charge in [0.1, 0.15) is 0 Å². The molecular weight excluding hydrogens is 400 g/mol. The standard InChI is InChI=1S/C18H24N4O4S2/c1-22(14-6-4-3-5-7-14)28(24,25)15-10-8-13(9-11-15)17(23)19-18-21-20-16(26-18)12-27-2/h8-11,14H,3-7,12H2,1-2H3,(H,19,21,23). The van der Waals surface area contributed by atoms with E-state index in [0.717, 1.165) is 32.1 Å². The molecule has 8 nitrogen and oxygen atoms in total. The highest BCUT2D eigenvalue weighted by molar-refractivity contribution is 7.97. The Bertz CT molecular complexity index is 906. The number of benzene rings is 1. The number of amides is 1. The Kier molecular flexibility index (Phi) is 6.73. The van der Waals surface area contributed by atoms with Crippen molar-refractivity contribution in [1.82, 2.24) is 14.5 Å². The van der Waals surface area contributed by atoms with Crippen LogP contribution in [0.4, 0.5) is 6.01 Å². The third-order valence-corrected chi connectivity index (χ3v) is 7.30. The van der Waals surface area contributed by atoms with Crippen LogP contribution in [0.3, 0.4) is 0 Å². The highest BCUT2D eigenvalue weighted by Gasteiger charge is 2.29. The molecule has 3 rings (SSSR count). The molecule has 1 saturated carbocycles. The predicted octanol–water partition coefficient (Wildman–Crippen LogP) is 3.14. The monoisotopic (exact) mass is 424 g/mol. The van der Waals surface area contributed by atoms with Crippen molar-refractivity contribution in [2.75, 3.05) is 18.6 Å². The van der Waals surface area contributed by atoms with E-state index in [9.17, 15) is 13.2 Å². The number of rotatable bonds is 7. The second-order valence-electron chi connectivity index (χ2n) is 6.73. The van der Waals surface area contributed by atoms with Gasteiger partial charge in [0.05, 0.1) is 10.6 Å². The molecule has 1 amide bonds. The molecule has 0 unspecified atom stereocenters. The predicted molar refractivity (Wildman–Crippen MR) is 108 cm³/mol. The van der Waals surface area contributed by atoms with Crippen LogP contribution < -0.4 is 5.32 Å². The lowest BCUT2D eigenvalue weighted by molar-refractivity contribution is 0.102. The van der Waals surface area contributed by atoms with E-state index in [4.69, 9.17) is 4.42 Å². The van der Waals surface area contributed by atoms with Crippen LogP contribution in [0.25, 0.3) is 0 Å². The van der Waals surface area contributed by atoms with Crippen LogP contribution in [0.15, 0.2) is 33.6 Å². The van der Waals surface area contributed by atoms with Crippen LogP contribution in [0.2, 0.25) is 0 Å². The summed E-state index contributed by atoms with van der Waals surface area (Å²) in [4.78, 5) is 12.5. The fourth-order valence-corrected chi connectivity index (χ4v) is 5.02. The number of nitrogens with one attached hydrogen (secondary N) is 1. The lowest BCUT2D eigenvalue weighted by Gasteiger charge is -2.30. The Balaban J connectivity index is 1.68. The van der Waals surface area contributed by atoms with Gasteiger partial charge in [-0.2, -0.15) is 16.1 Å². The molecule has 0 radical (unpaired) electrons. The molecule has 2 aromatic rings. The second kappa shape index (κ2) is 9.06. The van der Waals surface area contributed by atoms with Crippen LogP contribution >= 0.6 is 11.8 Å². The summed E-state index contributed by atoms with van der Waals surface area (Å²) >= 11 is 1.53. The molecule has 0 bridgehead atoms. The maximum absolute atomic E-state index is 12.9. The van der Waals surface area contributed by atoms with Gasteiger partial charge in [-0.1, -0.05) is 24.4 Å². The lowest BCUT2D eigenvalue weighted by Crippen LogP contribution is -2.38. The first-order valence-electron chi connectivity index (χ1n) is 9.12. The summed E-state index contributed by atoms with van der Waals surface area (Å²) in [5.74, 6) is 0.545. The van der Waals surface area contributed by atoms with Crippen LogP contribution in [0.5, 0.6) is 0 Å². The van der Waals surface area contributed by atoms with Crippen molar-refractivity contribution in [2.24, 2.45) is 0 Å². The lowest BCUT2D eigenvalue weighted by atomic mass is 9.96. The molecule has 0 spiro atoms. The van der Waals surface area contributed by atoms with E-state index in [2.05, 4.69) is 15.5 Å². The Morgan fingerprint density at radius 2 is 1.89 bits per heavy atom. The SMILES string of the molecule is CSCc1nnc(NC(=O)c2ccc(S(=O)(=O)N(C)C3CCCCC3)cc2)o1. The molecule has 1 heterocycles. The summed E-state index contributed by atoms with van der Waals surface area (Å²) in [6.07, 6.45) is 6.95. The second-order valence-corrected chi connectivity index (χ2v) is 9.59. The molecule has 0 aliphatic heterocycles. The van der Waals surface area contributed by atoms with Crippen molar-refractivity contribution < 1.29 is 17.6 Å². The van der Waals surface area contributed by atoms with Gasteiger partial charge in [-0.15, -0.1) is 5.10 Å². The average Bonchev–Trinajstić information content (AvgIpc) is 3.15. The van der Waals surface area contributed by atoms with Crippen molar-refractivity contribution in [3.05, 3.63) is 35.7 Å². The van der Waals surface area contributed by atoms with Crippen LogP contribution in [0, 0.1) is 0 Å². The summed E-state index contributed by atoms with van der Waals surface area (Å²) in [6.45, 7) is 0. The molecule has 152 valence electrons. The number of aromatic nitrogens is 2. The fraction of sp³-hybridized carbons (Fsp3) is 0.500. The van der Waals surface area contributed by atoms with Crippen LogP contribution in [0.1, 0.15) is 48.4 Å². The number of carbonyl (C=O) groups excluding carboxylic acids is 1. The zero-order valence-corrected chi connectivity index (χ0v) is 17.6. The first kappa shape index (κ1) is 20.8. The van der Waals surface area contributed by atoms with Crippen LogP contribution in [-0.2, 0) is 15.8 Å². The number of hydrogen-bond donors (Lipinski definition) is 1. The maximum Gasteiger partial charge on any atom is 0.322 e. The van der Waals surface area contributed by atoms with Gasteiger partial charge in [-0.3, -0.25) is 10.1 Å². The summed E-state index contributed by atoms with van der Waals surface area (Å²) in [5, 5.41) is 10.1. The fourth-order valence-electron chi connectivity index (χ4n) is 3.24. The summed E-state index contributed by atoms with van der Waals surface area (Å²) in [5.41, 5.74) is 0.309. The van der Waals surface area contributed by atoms with E-state index in [1.807, 2.05) is 6.26 Å². The minimum atomic E-state index is -3.58. The largest absolute Gasteiger partial charge is 0.407 e. The zero-order chi connectivity index (χ0) is 20.1. The van der Waals surface area contributed by atoms with Gasteiger partial charge in [-0.05, 0) is 43.4 Å². The normalized spacial score (nSPS) is 15.7. The topological polar surface area (TPSA) is 105 Å². The molecule has 1 N–H and O–H groups in total. The molecule has 0 atom stereocenters. The molecule has 10 heteroatoms. The van der Waals surface area contributed by atoms with E-state index < -0.39 is 15.9 Å². The zero-order valence-electron chi connectivity index (χ0n) is 15.9. The minimum absolute atomic E-state index is 0.0165. The Morgan fingerprint density at radius 3 is 2.54 bits per heavy atom. The average molecular weight is 425 g/mol. The minimum Gasteiger partial charge on any atom is -0.407 e. The molecule has 0 saturated heterocycles. The highest BCUT2D eigenvalue weighted by Crippen LogP contribution is 2.26. The summed E-state index contributed by atoms with van der Waals surface area (Å²) < 4.78 is 32.5. The number of nitrogens with zero attached hydrogens (tertiary/aromatic N) is 3. The van der Waals surface area contributed by atoms with E-state index in [1.54, 1.807) is 7.05 Å². The van der Waals surface area contributed by atoms with Gasteiger partial charge < -0.3 is 4.42 Å². The first-order valence-corrected chi connectivity index (χ1v) is 12.0. The van der Waals surface area contributed by atoms with E-state index in [0.29, 0.717) is 17.2 Å². The Hall–Kier alpha value is -1.91. The number of thioether (sulfide) groups is 1. The Morgan fingerprint density at radius 1 is 1.21 bits per heavy atom. The quantitative estimate of drug-likeness (QED) is 0.728. The maximum atomic E-state index is 12.9. The summed E-state index contributed by atoms with van der Waals surface area (Å²) in [7, 11) is -1.95. The number of carbonyl (C=O) groups is 1.